The van der Waals surface area contributed by atoms with Crippen molar-refractivity contribution in [2.24, 2.45) is 0 Å². The summed E-state index contributed by atoms with van der Waals surface area (Å²) in [6.07, 6.45) is 1.43. The third-order valence-corrected chi connectivity index (χ3v) is 4.34. The fourth-order valence-corrected chi connectivity index (χ4v) is 2.93. The minimum Gasteiger partial charge on any atom is -0.207 e. The Morgan fingerprint density at radius 1 is 1.39 bits per heavy atom. The van der Waals surface area contributed by atoms with Gasteiger partial charge >= 0.3 is 0 Å². The molecule has 0 N–H and O–H groups in total. The molecule has 6 heteroatoms. The van der Waals surface area contributed by atoms with Gasteiger partial charge in [-0.3, -0.25) is 0 Å². The third kappa shape index (κ3) is 3.28. The third-order valence-electron chi connectivity index (χ3n) is 2.46. The van der Waals surface area contributed by atoms with E-state index in [1.807, 2.05) is 6.92 Å². The lowest BCUT2D eigenvalue weighted by molar-refractivity contribution is 0.431. The molecule has 0 amide bonds. The summed E-state index contributed by atoms with van der Waals surface area (Å²) in [5.74, 6) is -0.795. The lowest BCUT2D eigenvalue weighted by Crippen LogP contribution is -2.33. The van der Waals surface area contributed by atoms with Crippen molar-refractivity contribution in [3.05, 3.63) is 30.1 Å². The van der Waals surface area contributed by atoms with E-state index in [1.165, 1.54) is 18.2 Å². The Hall–Kier alpha value is -1.45. The number of hydrogen-bond donors (Lipinski definition) is 0. The Balaban J connectivity index is 3.10. The number of rotatable bonds is 6. The zero-order valence-corrected chi connectivity index (χ0v) is 11.0. The van der Waals surface area contributed by atoms with Crippen LogP contribution in [0.3, 0.4) is 0 Å². The predicted molar refractivity (Wildman–Crippen MR) is 65.7 cm³/mol. The Labute approximate surface area is 107 Å². The van der Waals surface area contributed by atoms with Crippen molar-refractivity contribution < 1.29 is 12.8 Å². The molecule has 0 radical (unpaired) electrons. The van der Waals surface area contributed by atoms with Crippen LogP contribution in [0.2, 0.25) is 0 Å². The molecule has 0 fully saturated rings. The van der Waals surface area contributed by atoms with Gasteiger partial charge in [-0.25, -0.2) is 12.8 Å². The summed E-state index contributed by atoms with van der Waals surface area (Å²) >= 11 is 0. The van der Waals surface area contributed by atoms with Crippen molar-refractivity contribution in [2.75, 3.05) is 13.1 Å². The quantitative estimate of drug-likeness (QED) is 0.744. The molecule has 0 aliphatic carbocycles. The number of nitriles is 1. The highest BCUT2D eigenvalue weighted by Crippen LogP contribution is 2.19. The van der Waals surface area contributed by atoms with Gasteiger partial charge in [-0.15, -0.1) is 0 Å². The normalized spacial score (nSPS) is 11.4. The summed E-state index contributed by atoms with van der Waals surface area (Å²) < 4.78 is 38.9. The first kappa shape index (κ1) is 14.6. The van der Waals surface area contributed by atoms with Crippen LogP contribution in [0.5, 0.6) is 0 Å². The van der Waals surface area contributed by atoms with Crippen molar-refractivity contribution in [3.8, 4) is 6.07 Å². The molecule has 0 heterocycles. The van der Waals surface area contributed by atoms with Gasteiger partial charge in [-0.2, -0.15) is 9.57 Å². The lowest BCUT2D eigenvalue weighted by Gasteiger charge is -2.19. The van der Waals surface area contributed by atoms with Crippen molar-refractivity contribution in [1.29, 1.82) is 5.26 Å². The molecule has 1 aromatic carbocycles. The van der Waals surface area contributed by atoms with Crippen LogP contribution >= 0.6 is 0 Å². The molecule has 0 aliphatic rings. The molecule has 0 aliphatic heterocycles. The maximum atomic E-state index is 13.5. The number of nitrogens with zero attached hydrogens (tertiary/aromatic N) is 2. The SMILES string of the molecule is CCCCN(CC#N)S(=O)(=O)c1ccccc1F. The molecule has 0 saturated heterocycles. The van der Waals surface area contributed by atoms with Gasteiger partial charge in [-0.1, -0.05) is 25.5 Å². The molecule has 0 bridgehead atoms. The predicted octanol–water partition coefficient (Wildman–Crippen LogP) is 2.14. The Morgan fingerprint density at radius 2 is 2.06 bits per heavy atom. The van der Waals surface area contributed by atoms with Crippen molar-refractivity contribution in [1.82, 2.24) is 4.31 Å². The molecule has 1 aromatic rings. The molecule has 4 nitrogen and oxygen atoms in total. The van der Waals surface area contributed by atoms with E-state index in [-0.39, 0.29) is 18.0 Å². The first-order valence-electron chi connectivity index (χ1n) is 5.65. The average molecular weight is 270 g/mol. The number of benzene rings is 1. The molecule has 98 valence electrons. The second-order valence-electron chi connectivity index (χ2n) is 3.78. The largest absolute Gasteiger partial charge is 0.246 e. The Morgan fingerprint density at radius 3 is 2.61 bits per heavy atom. The highest BCUT2D eigenvalue weighted by molar-refractivity contribution is 7.89. The van der Waals surface area contributed by atoms with E-state index in [4.69, 9.17) is 5.26 Å². The fourth-order valence-electron chi connectivity index (χ4n) is 1.49. The van der Waals surface area contributed by atoms with Gasteiger partial charge in [0.05, 0.1) is 6.07 Å². The van der Waals surface area contributed by atoms with Crippen LogP contribution < -0.4 is 0 Å². The first-order chi connectivity index (χ1) is 8.54. The van der Waals surface area contributed by atoms with Crippen LogP contribution in [-0.2, 0) is 10.0 Å². The minimum atomic E-state index is -3.93. The molecule has 0 atom stereocenters. The van der Waals surface area contributed by atoms with E-state index in [0.717, 1.165) is 16.8 Å². The smallest absolute Gasteiger partial charge is 0.207 e. The lowest BCUT2D eigenvalue weighted by atomic mass is 10.3. The van der Waals surface area contributed by atoms with Gasteiger partial charge in [0.25, 0.3) is 0 Å². The van der Waals surface area contributed by atoms with Crippen LogP contribution in [0.4, 0.5) is 4.39 Å². The highest BCUT2D eigenvalue weighted by Gasteiger charge is 2.26. The molecular weight excluding hydrogens is 255 g/mol. The zero-order valence-electron chi connectivity index (χ0n) is 10.1. The van der Waals surface area contributed by atoms with Gasteiger partial charge < -0.3 is 0 Å². The molecule has 0 aromatic heterocycles. The second kappa shape index (κ2) is 6.47. The van der Waals surface area contributed by atoms with Crippen molar-refractivity contribution in [3.63, 3.8) is 0 Å². The molecule has 0 spiro atoms. The summed E-state index contributed by atoms with van der Waals surface area (Å²) in [6, 6.07) is 6.98. The fraction of sp³-hybridized carbons (Fsp3) is 0.417. The molecule has 0 saturated carbocycles. The molecular formula is C12H15FN2O2S. The summed E-state index contributed by atoms with van der Waals surface area (Å²) in [7, 11) is -3.93. The summed E-state index contributed by atoms with van der Waals surface area (Å²) in [5.41, 5.74) is 0. The van der Waals surface area contributed by atoms with E-state index in [0.29, 0.717) is 6.42 Å². The van der Waals surface area contributed by atoms with Crippen LogP contribution in [0.15, 0.2) is 29.2 Å². The van der Waals surface area contributed by atoms with Crippen molar-refractivity contribution in [2.45, 2.75) is 24.7 Å². The second-order valence-corrected chi connectivity index (χ2v) is 5.69. The van der Waals surface area contributed by atoms with E-state index in [1.54, 1.807) is 6.07 Å². The van der Waals surface area contributed by atoms with Crippen LogP contribution in [0.25, 0.3) is 0 Å². The number of sulfonamides is 1. The summed E-state index contributed by atoms with van der Waals surface area (Å²) in [5, 5.41) is 8.67. The van der Waals surface area contributed by atoms with Gasteiger partial charge in [0.2, 0.25) is 10.0 Å². The number of hydrogen-bond acceptors (Lipinski definition) is 3. The van der Waals surface area contributed by atoms with E-state index in [2.05, 4.69) is 0 Å². The van der Waals surface area contributed by atoms with Crippen LogP contribution in [-0.4, -0.2) is 25.8 Å². The van der Waals surface area contributed by atoms with Crippen molar-refractivity contribution >= 4 is 10.0 Å². The summed E-state index contributed by atoms with van der Waals surface area (Å²) in [4.78, 5) is -0.378. The summed E-state index contributed by atoms with van der Waals surface area (Å²) in [6.45, 7) is 1.87. The molecule has 1 rings (SSSR count). The molecule has 18 heavy (non-hydrogen) atoms. The minimum absolute atomic E-state index is 0.223. The Bertz CT molecular complexity index is 537. The number of halogens is 1. The van der Waals surface area contributed by atoms with E-state index in [9.17, 15) is 12.8 Å². The van der Waals surface area contributed by atoms with Crippen LogP contribution in [0, 0.1) is 17.1 Å². The van der Waals surface area contributed by atoms with Gasteiger partial charge in [-0.05, 0) is 18.6 Å². The maximum Gasteiger partial charge on any atom is 0.246 e. The monoisotopic (exact) mass is 270 g/mol. The van der Waals surface area contributed by atoms with Gasteiger partial charge in [0.1, 0.15) is 17.3 Å². The van der Waals surface area contributed by atoms with Gasteiger partial charge in [0, 0.05) is 6.54 Å². The van der Waals surface area contributed by atoms with E-state index < -0.39 is 15.8 Å². The first-order valence-corrected chi connectivity index (χ1v) is 7.09. The topological polar surface area (TPSA) is 61.2 Å². The molecule has 0 unspecified atom stereocenters. The average Bonchev–Trinajstić information content (AvgIpc) is 2.34. The van der Waals surface area contributed by atoms with Crippen LogP contribution in [0.1, 0.15) is 19.8 Å². The number of unbranched alkanes of at least 4 members (excludes halogenated alkanes) is 1. The standard InChI is InChI=1S/C12H15FN2O2S/c1-2-3-9-15(10-8-14)18(16,17)12-7-5-4-6-11(12)13/h4-7H,2-3,9-10H2,1H3. The maximum absolute atomic E-state index is 13.5. The van der Waals surface area contributed by atoms with Gasteiger partial charge in [0.15, 0.2) is 0 Å². The van der Waals surface area contributed by atoms with E-state index >= 15 is 0 Å². The zero-order chi connectivity index (χ0) is 13.6. The highest BCUT2D eigenvalue weighted by atomic mass is 32.2. The Kier molecular flexibility index (Phi) is 5.25.